The predicted octanol–water partition coefficient (Wildman–Crippen LogP) is 1.89. The van der Waals surface area contributed by atoms with Crippen molar-refractivity contribution in [3.63, 3.8) is 0 Å². The Balaban J connectivity index is 1.85. The molecule has 32 heavy (non-hydrogen) atoms. The van der Waals surface area contributed by atoms with Crippen LogP contribution in [0.3, 0.4) is 0 Å². The molecule has 12 heteroatoms. The fourth-order valence-electron chi connectivity index (χ4n) is 4.51. The number of aromatic nitrogens is 2. The Morgan fingerprint density at radius 2 is 2.00 bits per heavy atom. The minimum absolute atomic E-state index is 0.0590. The standard InChI is InChI=1S/C20H24F4N4O4/c1-19(13(29)8-20(22,23)24)5-6-26(9-19)15-12(21)7-11-14(16(15)32-2)27(10-3-4-10)18(31)28(25)17(11)30/h7,10,13,29H,3-6,8-9,25H2,1-2H3. The van der Waals surface area contributed by atoms with E-state index in [1.54, 1.807) is 0 Å². The molecular weight excluding hydrogens is 436 g/mol. The van der Waals surface area contributed by atoms with E-state index in [0.717, 1.165) is 6.07 Å². The highest BCUT2D eigenvalue weighted by molar-refractivity contribution is 5.91. The van der Waals surface area contributed by atoms with Crippen LogP contribution < -0.4 is 26.7 Å². The Morgan fingerprint density at radius 1 is 1.34 bits per heavy atom. The Morgan fingerprint density at radius 3 is 2.56 bits per heavy atom. The van der Waals surface area contributed by atoms with Gasteiger partial charge in [0.2, 0.25) is 0 Å². The zero-order chi connectivity index (χ0) is 23.6. The van der Waals surface area contributed by atoms with Crippen LogP contribution in [0, 0.1) is 11.2 Å². The lowest BCUT2D eigenvalue weighted by Gasteiger charge is -2.32. The normalized spacial score (nSPS) is 22.5. The second-order valence-electron chi connectivity index (χ2n) is 8.86. The predicted molar refractivity (Wildman–Crippen MR) is 109 cm³/mol. The maximum Gasteiger partial charge on any atom is 0.391 e. The van der Waals surface area contributed by atoms with Crippen molar-refractivity contribution in [2.24, 2.45) is 5.41 Å². The van der Waals surface area contributed by atoms with Gasteiger partial charge in [-0.3, -0.25) is 9.36 Å². The van der Waals surface area contributed by atoms with Crippen LogP contribution in [-0.4, -0.2) is 46.8 Å². The molecule has 1 saturated heterocycles. The zero-order valence-corrected chi connectivity index (χ0v) is 17.6. The number of anilines is 1. The summed E-state index contributed by atoms with van der Waals surface area (Å²) >= 11 is 0. The van der Waals surface area contributed by atoms with Crippen molar-refractivity contribution in [3.8, 4) is 5.75 Å². The van der Waals surface area contributed by atoms with Gasteiger partial charge in [0.1, 0.15) is 11.2 Å². The first-order valence-electron chi connectivity index (χ1n) is 10.2. The van der Waals surface area contributed by atoms with Crippen molar-refractivity contribution in [3.05, 3.63) is 32.7 Å². The van der Waals surface area contributed by atoms with Crippen LogP contribution >= 0.6 is 0 Å². The number of fused-ring (bicyclic) bond motifs is 1. The molecule has 2 fully saturated rings. The minimum atomic E-state index is -4.54. The summed E-state index contributed by atoms with van der Waals surface area (Å²) in [5.74, 6) is 4.72. The monoisotopic (exact) mass is 460 g/mol. The zero-order valence-electron chi connectivity index (χ0n) is 17.6. The van der Waals surface area contributed by atoms with Crippen LogP contribution in [0.25, 0.3) is 10.9 Å². The third-order valence-electron chi connectivity index (χ3n) is 6.45. The fraction of sp³-hybridized carbons (Fsp3) is 0.600. The molecule has 2 aliphatic rings. The van der Waals surface area contributed by atoms with E-state index >= 15 is 4.39 Å². The summed E-state index contributed by atoms with van der Waals surface area (Å²) in [5, 5.41) is 10.1. The van der Waals surface area contributed by atoms with Crippen molar-refractivity contribution in [2.45, 2.75) is 50.9 Å². The first-order chi connectivity index (χ1) is 14.9. The van der Waals surface area contributed by atoms with Crippen molar-refractivity contribution in [2.75, 3.05) is 30.9 Å². The van der Waals surface area contributed by atoms with Crippen LogP contribution in [0.15, 0.2) is 15.7 Å². The molecule has 1 aromatic heterocycles. The number of rotatable bonds is 5. The molecule has 2 heterocycles. The summed E-state index contributed by atoms with van der Waals surface area (Å²) in [4.78, 5) is 26.8. The number of nitrogens with zero attached hydrogens (tertiary/aromatic N) is 3. The number of nitrogens with two attached hydrogens (primary N) is 1. The van der Waals surface area contributed by atoms with Crippen molar-refractivity contribution >= 4 is 16.6 Å². The minimum Gasteiger partial charge on any atom is -0.492 e. The Kier molecular flexibility index (Phi) is 5.18. The van der Waals surface area contributed by atoms with E-state index in [1.165, 1.54) is 23.5 Å². The van der Waals surface area contributed by atoms with Crippen LogP contribution in [0.1, 0.15) is 38.6 Å². The fourth-order valence-corrected chi connectivity index (χ4v) is 4.51. The molecule has 8 nitrogen and oxygen atoms in total. The molecule has 2 atom stereocenters. The van der Waals surface area contributed by atoms with Crippen LogP contribution in [0.2, 0.25) is 0 Å². The SMILES string of the molecule is COc1c(N2CCC(C)(C(O)CC(F)(F)F)C2)c(F)cc2c(=O)n(N)c(=O)n(C3CC3)c12. The van der Waals surface area contributed by atoms with E-state index in [1.807, 2.05) is 0 Å². The van der Waals surface area contributed by atoms with E-state index in [9.17, 15) is 27.9 Å². The van der Waals surface area contributed by atoms with Gasteiger partial charge in [-0.25, -0.2) is 9.18 Å². The van der Waals surface area contributed by atoms with Gasteiger partial charge in [-0.2, -0.15) is 17.8 Å². The van der Waals surface area contributed by atoms with Crippen LogP contribution in [-0.2, 0) is 0 Å². The molecule has 1 aromatic carbocycles. The maximum absolute atomic E-state index is 15.3. The Hall–Kier alpha value is -2.76. The number of hydrogen-bond donors (Lipinski definition) is 2. The highest BCUT2D eigenvalue weighted by atomic mass is 19.4. The summed E-state index contributed by atoms with van der Waals surface area (Å²) < 4.78 is 60.9. The summed E-state index contributed by atoms with van der Waals surface area (Å²) in [6, 6.07) is 0.754. The summed E-state index contributed by atoms with van der Waals surface area (Å²) in [7, 11) is 1.27. The molecule has 1 aliphatic heterocycles. The summed E-state index contributed by atoms with van der Waals surface area (Å²) in [5.41, 5.74) is -2.73. The van der Waals surface area contributed by atoms with Gasteiger partial charge in [-0.15, -0.1) is 0 Å². The van der Waals surface area contributed by atoms with E-state index in [-0.39, 0.29) is 47.9 Å². The molecule has 176 valence electrons. The molecule has 0 bridgehead atoms. The van der Waals surface area contributed by atoms with Gasteiger partial charge in [0.25, 0.3) is 5.56 Å². The number of aliphatic hydroxyl groups is 1. The number of nitrogen functional groups attached to an aromatic ring is 1. The van der Waals surface area contributed by atoms with Crippen molar-refractivity contribution < 1.29 is 27.4 Å². The van der Waals surface area contributed by atoms with E-state index in [0.29, 0.717) is 17.5 Å². The quantitative estimate of drug-likeness (QED) is 0.522. The summed E-state index contributed by atoms with van der Waals surface area (Å²) in [6.45, 7) is 1.61. The second kappa shape index (κ2) is 7.39. The van der Waals surface area contributed by atoms with Crippen molar-refractivity contribution in [1.29, 1.82) is 0 Å². The lowest BCUT2D eigenvalue weighted by molar-refractivity contribution is -0.165. The van der Waals surface area contributed by atoms with Gasteiger partial charge in [-0.05, 0) is 25.3 Å². The molecule has 1 aliphatic carbocycles. The first-order valence-corrected chi connectivity index (χ1v) is 10.2. The second-order valence-corrected chi connectivity index (χ2v) is 8.86. The van der Waals surface area contributed by atoms with E-state index < -0.39 is 41.2 Å². The molecular formula is C20H24F4N4O4. The molecule has 0 spiro atoms. The largest absolute Gasteiger partial charge is 0.492 e. The lowest BCUT2D eigenvalue weighted by atomic mass is 9.82. The van der Waals surface area contributed by atoms with Gasteiger partial charge >= 0.3 is 11.9 Å². The highest BCUT2D eigenvalue weighted by Gasteiger charge is 2.46. The number of alkyl halides is 3. The molecule has 0 amide bonds. The number of hydrogen-bond acceptors (Lipinski definition) is 6. The molecule has 3 N–H and O–H groups in total. The Bertz CT molecular complexity index is 1190. The first kappa shape index (κ1) is 22.4. The van der Waals surface area contributed by atoms with Crippen LogP contribution in [0.5, 0.6) is 5.75 Å². The van der Waals surface area contributed by atoms with E-state index in [2.05, 4.69) is 0 Å². The molecule has 4 rings (SSSR count). The lowest BCUT2D eigenvalue weighted by Crippen LogP contribution is -2.44. The van der Waals surface area contributed by atoms with Gasteiger partial charge < -0.3 is 20.6 Å². The average molecular weight is 460 g/mol. The van der Waals surface area contributed by atoms with E-state index in [4.69, 9.17) is 10.6 Å². The topological polar surface area (TPSA) is 103 Å². The molecule has 0 radical (unpaired) electrons. The van der Waals surface area contributed by atoms with Gasteiger partial charge in [0, 0.05) is 24.5 Å². The molecule has 2 aromatic rings. The molecule has 1 saturated carbocycles. The maximum atomic E-state index is 15.3. The highest BCUT2D eigenvalue weighted by Crippen LogP contribution is 2.46. The third kappa shape index (κ3) is 3.59. The van der Waals surface area contributed by atoms with Gasteiger partial charge in [-0.1, -0.05) is 6.92 Å². The Labute approximate surface area is 179 Å². The molecule has 2 unspecified atom stereocenters. The van der Waals surface area contributed by atoms with Gasteiger partial charge in [0.15, 0.2) is 11.6 Å². The number of methoxy groups -OCH3 is 1. The number of aliphatic hydroxyl groups excluding tert-OH is 1. The third-order valence-corrected chi connectivity index (χ3v) is 6.45. The van der Waals surface area contributed by atoms with Crippen molar-refractivity contribution in [1.82, 2.24) is 9.24 Å². The smallest absolute Gasteiger partial charge is 0.391 e. The van der Waals surface area contributed by atoms with Gasteiger partial charge in [0.05, 0.1) is 25.0 Å². The number of benzene rings is 1. The number of ether oxygens (including phenoxy) is 1. The number of halogens is 4. The summed E-state index contributed by atoms with van der Waals surface area (Å²) in [6.07, 6.45) is -6.04. The average Bonchev–Trinajstić information content (AvgIpc) is 3.46. The van der Waals surface area contributed by atoms with Crippen LogP contribution in [0.4, 0.5) is 23.2 Å².